The zero-order chi connectivity index (χ0) is 36.8. The number of halogens is 3. The van der Waals surface area contributed by atoms with E-state index in [1.165, 1.54) is 40.6 Å². The second kappa shape index (κ2) is 23.2. The molecule has 266 valence electrons. The first-order valence-corrected chi connectivity index (χ1v) is 17.1. The predicted molar refractivity (Wildman–Crippen MR) is 199 cm³/mol. The Morgan fingerprint density at radius 1 is 0.898 bits per heavy atom. The number of ether oxygens (including phenoxy) is 1. The van der Waals surface area contributed by atoms with E-state index in [1.807, 2.05) is 37.4 Å². The molecular weight excluding hydrogens is 650 g/mol. The first kappa shape index (κ1) is 42.8. The number of thioether (sulfide) groups is 1. The van der Waals surface area contributed by atoms with E-state index in [4.69, 9.17) is 0 Å². The van der Waals surface area contributed by atoms with Gasteiger partial charge in [0.25, 0.3) is 0 Å². The maximum atomic E-state index is 11.8. The van der Waals surface area contributed by atoms with E-state index in [0.29, 0.717) is 30.2 Å². The number of hydrogen-bond acceptors (Lipinski definition) is 5. The Kier molecular flexibility index (Phi) is 20.2. The molecular formula is C38H49F3N4O3S. The van der Waals surface area contributed by atoms with E-state index in [0.717, 1.165) is 35.4 Å². The number of unbranched alkanes of at least 4 members (excludes halogenated alkanes) is 1. The Balaban J connectivity index is 0.000000461. The van der Waals surface area contributed by atoms with Crippen LogP contribution in [-0.4, -0.2) is 54.6 Å². The third-order valence-corrected chi connectivity index (χ3v) is 7.73. The molecule has 0 aliphatic rings. The Bertz CT molecular complexity index is 1540. The maximum Gasteiger partial charge on any atom is 0.573 e. The monoisotopic (exact) mass is 698 g/mol. The number of ketones is 1. The Hall–Kier alpha value is -4.25. The van der Waals surface area contributed by atoms with Gasteiger partial charge in [0.05, 0.1) is 10.8 Å². The van der Waals surface area contributed by atoms with Crippen molar-refractivity contribution in [1.82, 2.24) is 5.32 Å². The summed E-state index contributed by atoms with van der Waals surface area (Å²) in [5, 5.41) is 3.37. The zero-order valence-corrected chi connectivity index (χ0v) is 30.6. The largest absolute Gasteiger partial charge is 0.573 e. The van der Waals surface area contributed by atoms with Gasteiger partial charge in [-0.25, -0.2) is 9.79 Å². The quantitative estimate of drug-likeness (QED) is 0.169. The van der Waals surface area contributed by atoms with Crippen molar-refractivity contribution in [2.24, 2.45) is 15.0 Å². The second-order valence-corrected chi connectivity index (χ2v) is 12.3. The predicted octanol–water partition coefficient (Wildman–Crippen LogP) is 9.82. The van der Waals surface area contributed by atoms with E-state index < -0.39 is 6.36 Å². The van der Waals surface area contributed by atoms with Gasteiger partial charge >= 0.3 is 12.4 Å². The van der Waals surface area contributed by atoms with Crippen LogP contribution in [0.1, 0.15) is 73.4 Å². The van der Waals surface area contributed by atoms with E-state index >= 15 is 0 Å². The zero-order valence-electron chi connectivity index (χ0n) is 29.8. The fourth-order valence-corrected chi connectivity index (χ4v) is 4.53. The summed E-state index contributed by atoms with van der Waals surface area (Å²) in [6, 6.07) is 19.8. The lowest BCUT2D eigenvalue weighted by Crippen LogP contribution is -2.23. The molecule has 3 rings (SSSR count). The highest BCUT2D eigenvalue weighted by atomic mass is 32.2. The highest BCUT2D eigenvalue weighted by Crippen LogP contribution is 2.22. The highest BCUT2D eigenvalue weighted by Gasteiger charge is 2.30. The van der Waals surface area contributed by atoms with Crippen LogP contribution >= 0.6 is 11.8 Å². The molecule has 7 nitrogen and oxygen atoms in total. The number of carbonyl (C=O) groups excluding carboxylic acids is 2. The lowest BCUT2D eigenvalue weighted by Gasteiger charge is -2.08. The number of urea groups is 1. The van der Waals surface area contributed by atoms with Gasteiger partial charge in [-0.05, 0) is 76.3 Å². The van der Waals surface area contributed by atoms with Crippen LogP contribution in [0.25, 0.3) is 0 Å². The number of amides is 2. The first-order valence-electron chi connectivity index (χ1n) is 16.1. The molecule has 0 heterocycles. The van der Waals surface area contributed by atoms with Crippen LogP contribution in [0.2, 0.25) is 0 Å². The maximum absolute atomic E-state index is 11.8. The summed E-state index contributed by atoms with van der Waals surface area (Å²) in [4.78, 5) is 35.7. The minimum Gasteiger partial charge on any atom is -0.406 e. The number of benzene rings is 3. The molecule has 0 saturated carbocycles. The smallest absolute Gasteiger partial charge is 0.406 e. The summed E-state index contributed by atoms with van der Waals surface area (Å²) in [6.07, 6.45) is 0.498. The van der Waals surface area contributed by atoms with E-state index in [9.17, 15) is 22.8 Å². The molecule has 11 heteroatoms. The summed E-state index contributed by atoms with van der Waals surface area (Å²) in [7, 11) is 1.74. The number of aryl methyl sites for hydroxylation is 4. The van der Waals surface area contributed by atoms with Crippen LogP contribution in [0, 0.1) is 27.7 Å². The molecule has 49 heavy (non-hydrogen) atoms. The summed E-state index contributed by atoms with van der Waals surface area (Å²) < 4.78 is 38.5. The lowest BCUT2D eigenvalue weighted by atomic mass is 10.1. The summed E-state index contributed by atoms with van der Waals surface area (Å²) >= 11 is 1.30. The molecule has 1 N–H and O–H groups in total. The summed E-state index contributed by atoms with van der Waals surface area (Å²) in [6.45, 7) is 14.4. The van der Waals surface area contributed by atoms with Crippen molar-refractivity contribution in [2.45, 2.75) is 80.5 Å². The summed E-state index contributed by atoms with van der Waals surface area (Å²) in [5.74, 6) is 1.04. The number of carbonyl (C=O) groups is 2. The normalized spacial score (nSPS) is 11.7. The molecule has 3 aromatic rings. The van der Waals surface area contributed by atoms with Gasteiger partial charge in [0.1, 0.15) is 11.5 Å². The van der Waals surface area contributed by atoms with Crippen molar-refractivity contribution < 1.29 is 27.5 Å². The van der Waals surface area contributed by atoms with Gasteiger partial charge in [-0.3, -0.25) is 9.79 Å². The lowest BCUT2D eigenvalue weighted by molar-refractivity contribution is -0.274. The molecule has 0 atom stereocenters. The Morgan fingerprint density at radius 3 is 2.06 bits per heavy atom. The Labute approximate surface area is 293 Å². The number of Topliss-reactive ketones (excluding diaryl/α,β-unsaturated/α-hetero) is 1. The van der Waals surface area contributed by atoms with Crippen molar-refractivity contribution in [3.8, 4) is 5.75 Å². The van der Waals surface area contributed by atoms with Gasteiger partial charge in [-0.2, -0.15) is 4.99 Å². The summed E-state index contributed by atoms with van der Waals surface area (Å²) in [5.41, 5.74) is 7.08. The van der Waals surface area contributed by atoms with Crippen molar-refractivity contribution >= 4 is 40.7 Å². The van der Waals surface area contributed by atoms with Crippen LogP contribution in [0.5, 0.6) is 5.75 Å². The fourth-order valence-electron chi connectivity index (χ4n) is 3.81. The molecule has 0 aromatic heterocycles. The molecule has 2 amide bonds. The van der Waals surface area contributed by atoms with Crippen LogP contribution in [-0.2, 0) is 11.2 Å². The SMILES string of the molecule is CCCC=NC(=NC)c1ccc(CCNC(=O)/N=C(/C)SCC(=O)CC)cc1.Cc1ccc(C)c(C)c1.Cc1ccc(OC(F)(F)F)cc1. The van der Waals surface area contributed by atoms with Crippen molar-refractivity contribution in [2.75, 3.05) is 19.3 Å². The van der Waals surface area contributed by atoms with E-state index in [1.54, 1.807) is 33.0 Å². The molecule has 0 aliphatic heterocycles. The topological polar surface area (TPSA) is 92.5 Å². The van der Waals surface area contributed by atoms with Gasteiger partial charge in [0.2, 0.25) is 0 Å². The number of nitrogens with zero attached hydrogens (tertiary/aromatic N) is 3. The second-order valence-electron chi connectivity index (χ2n) is 11.1. The van der Waals surface area contributed by atoms with Crippen LogP contribution < -0.4 is 10.1 Å². The number of amidine groups is 1. The fraction of sp³-hybridized carbons (Fsp3) is 0.395. The number of hydrogen-bond donors (Lipinski definition) is 1. The van der Waals surface area contributed by atoms with Crippen LogP contribution in [0.15, 0.2) is 81.7 Å². The molecule has 0 fully saturated rings. The third kappa shape index (κ3) is 20.0. The number of alkyl halides is 3. The molecule has 0 saturated heterocycles. The average Bonchev–Trinajstić information content (AvgIpc) is 3.05. The van der Waals surface area contributed by atoms with Crippen LogP contribution in [0.4, 0.5) is 18.0 Å². The number of nitrogens with one attached hydrogen (secondary N) is 1. The van der Waals surface area contributed by atoms with E-state index in [-0.39, 0.29) is 17.6 Å². The van der Waals surface area contributed by atoms with Gasteiger partial charge in [-0.1, -0.05) is 86.0 Å². The van der Waals surface area contributed by atoms with Crippen molar-refractivity contribution in [3.63, 3.8) is 0 Å². The molecule has 3 aromatic carbocycles. The molecule has 0 aliphatic carbocycles. The van der Waals surface area contributed by atoms with Gasteiger partial charge in [0, 0.05) is 31.8 Å². The van der Waals surface area contributed by atoms with Crippen molar-refractivity contribution in [1.29, 1.82) is 0 Å². The molecule has 0 bridgehead atoms. The number of rotatable bonds is 10. The van der Waals surface area contributed by atoms with Gasteiger partial charge in [0.15, 0.2) is 5.84 Å². The minimum absolute atomic E-state index is 0.149. The molecule has 0 radical (unpaired) electrons. The molecule has 0 unspecified atom stereocenters. The average molecular weight is 699 g/mol. The van der Waals surface area contributed by atoms with E-state index in [2.05, 4.69) is 70.9 Å². The third-order valence-electron chi connectivity index (χ3n) is 6.76. The standard InChI is InChI=1S/C21H30N4O2S.C9H12.C8H7F3O/c1-5-7-13-23-20(22-4)18-10-8-17(9-11-18)12-14-24-21(27)25-16(3)28-15-19(26)6-2;1-7-4-5-8(2)9(3)6-7;1-6-2-4-7(5-3-6)12-8(9,10)11/h8-11,13H,5-7,12,14-15H2,1-4H3,(H,24,27);4-6H,1-3H3;2-5H,1H3/b22-20?,23-13?,25-16-;;. The van der Waals surface area contributed by atoms with Crippen LogP contribution in [0.3, 0.4) is 0 Å². The van der Waals surface area contributed by atoms with Crippen molar-refractivity contribution in [3.05, 3.63) is 100 Å². The first-order chi connectivity index (χ1) is 23.2. The minimum atomic E-state index is -4.60. The molecule has 0 spiro atoms. The van der Waals surface area contributed by atoms with Gasteiger partial charge in [-0.15, -0.1) is 24.9 Å². The van der Waals surface area contributed by atoms with Gasteiger partial charge < -0.3 is 10.1 Å². The highest BCUT2D eigenvalue weighted by molar-refractivity contribution is 8.14. The Morgan fingerprint density at radius 2 is 1.53 bits per heavy atom. The number of aliphatic imine (C=N–C) groups is 3.